The maximum atomic E-state index is 12.8. The minimum absolute atomic E-state index is 0.0803. The van der Waals surface area contributed by atoms with Crippen molar-refractivity contribution in [3.63, 3.8) is 0 Å². The molecule has 32 heavy (non-hydrogen) atoms. The van der Waals surface area contributed by atoms with Crippen LogP contribution >= 0.6 is 0 Å². The lowest BCUT2D eigenvalue weighted by Crippen LogP contribution is -2.31. The summed E-state index contributed by atoms with van der Waals surface area (Å²) >= 11 is 0. The molecule has 1 aliphatic heterocycles. The first kappa shape index (κ1) is 21.6. The van der Waals surface area contributed by atoms with E-state index in [4.69, 9.17) is 9.15 Å². The Morgan fingerprint density at radius 2 is 2.00 bits per heavy atom. The van der Waals surface area contributed by atoms with Gasteiger partial charge in [0.15, 0.2) is 5.58 Å². The molecule has 0 saturated carbocycles. The van der Waals surface area contributed by atoms with Gasteiger partial charge in [0, 0.05) is 17.8 Å². The van der Waals surface area contributed by atoms with Crippen LogP contribution in [-0.2, 0) is 14.3 Å². The number of carbonyl (C=O) groups excluding carboxylic acids is 2. The standard InChI is InChI=1S/C24H25N3O5/c1-13-9-15(3)21-19(10-13)26-22(32-21)16-6-5-14(2)18(11-16)25-20-17(24(30)31-4)12-27(7-8-28)23(20)29/h5-6,9-11,25,28H,7-8,12H2,1-4H3. The van der Waals surface area contributed by atoms with Crippen molar-refractivity contribution in [1.82, 2.24) is 9.88 Å². The number of nitrogens with one attached hydrogen (secondary N) is 1. The first-order valence-corrected chi connectivity index (χ1v) is 10.3. The molecule has 8 heteroatoms. The van der Waals surface area contributed by atoms with Crippen molar-refractivity contribution in [2.24, 2.45) is 0 Å². The number of amides is 1. The average Bonchev–Trinajstić information content (AvgIpc) is 3.32. The average molecular weight is 435 g/mol. The second-order valence-electron chi connectivity index (χ2n) is 7.90. The zero-order chi connectivity index (χ0) is 23.0. The van der Waals surface area contributed by atoms with Gasteiger partial charge in [0.1, 0.15) is 11.2 Å². The summed E-state index contributed by atoms with van der Waals surface area (Å²) < 4.78 is 10.9. The SMILES string of the molecule is COC(=O)C1=C(Nc2cc(-c3nc4cc(C)cc(C)c4o3)ccc2C)C(=O)N(CCO)C1. The van der Waals surface area contributed by atoms with Gasteiger partial charge in [0.05, 0.1) is 25.8 Å². The van der Waals surface area contributed by atoms with Crippen molar-refractivity contribution in [3.05, 3.63) is 58.3 Å². The molecule has 2 N–H and O–H groups in total. The maximum absolute atomic E-state index is 12.8. The maximum Gasteiger partial charge on any atom is 0.337 e. The van der Waals surface area contributed by atoms with E-state index in [1.54, 1.807) is 0 Å². The lowest BCUT2D eigenvalue weighted by atomic mass is 10.1. The third-order valence-corrected chi connectivity index (χ3v) is 5.52. The highest BCUT2D eigenvalue weighted by Gasteiger charge is 2.34. The van der Waals surface area contributed by atoms with E-state index in [0.717, 1.165) is 33.4 Å². The van der Waals surface area contributed by atoms with Crippen LogP contribution in [0.2, 0.25) is 0 Å². The Hall–Kier alpha value is -3.65. The van der Waals surface area contributed by atoms with Gasteiger partial charge in [0.25, 0.3) is 5.91 Å². The first-order valence-electron chi connectivity index (χ1n) is 10.3. The lowest BCUT2D eigenvalue weighted by Gasteiger charge is -2.15. The molecule has 0 radical (unpaired) electrons. The van der Waals surface area contributed by atoms with Gasteiger partial charge >= 0.3 is 5.97 Å². The molecule has 1 aliphatic rings. The van der Waals surface area contributed by atoms with E-state index in [1.165, 1.54) is 12.0 Å². The van der Waals surface area contributed by atoms with Gasteiger partial charge in [-0.1, -0.05) is 12.1 Å². The molecule has 0 bridgehead atoms. The third kappa shape index (κ3) is 3.85. The number of esters is 1. The van der Waals surface area contributed by atoms with E-state index in [0.29, 0.717) is 11.6 Å². The molecule has 0 saturated heterocycles. The summed E-state index contributed by atoms with van der Waals surface area (Å²) in [6.45, 7) is 5.91. The van der Waals surface area contributed by atoms with Crippen LogP contribution in [0.4, 0.5) is 5.69 Å². The number of aliphatic hydroxyl groups excluding tert-OH is 1. The van der Waals surface area contributed by atoms with Crippen LogP contribution in [0.25, 0.3) is 22.6 Å². The smallest absolute Gasteiger partial charge is 0.337 e. The Balaban J connectivity index is 1.72. The Labute approximate surface area is 185 Å². The van der Waals surface area contributed by atoms with Crippen molar-refractivity contribution in [2.75, 3.05) is 32.1 Å². The highest BCUT2D eigenvalue weighted by Crippen LogP contribution is 2.31. The van der Waals surface area contributed by atoms with Gasteiger partial charge in [-0.15, -0.1) is 0 Å². The number of fused-ring (bicyclic) bond motifs is 1. The Morgan fingerprint density at radius 1 is 1.22 bits per heavy atom. The topological polar surface area (TPSA) is 105 Å². The predicted molar refractivity (Wildman–Crippen MR) is 120 cm³/mol. The van der Waals surface area contributed by atoms with Crippen LogP contribution in [0.5, 0.6) is 0 Å². The predicted octanol–water partition coefficient (Wildman–Crippen LogP) is 3.09. The first-order chi connectivity index (χ1) is 15.3. The zero-order valence-electron chi connectivity index (χ0n) is 18.5. The fraction of sp³-hybridized carbons (Fsp3) is 0.292. The molecule has 0 aliphatic carbocycles. The summed E-state index contributed by atoms with van der Waals surface area (Å²) in [5, 5.41) is 12.4. The molecular weight excluding hydrogens is 410 g/mol. The number of rotatable bonds is 6. The molecule has 1 aromatic heterocycles. The molecule has 3 aromatic rings. The summed E-state index contributed by atoms with van der Waals surface area (Å²) in [6.07, 6.45) is 0. The number of aryl methyl sites for hydroxylation is 3. The number of β-amino-alcohol motifs (C(OH)–C–C–N with tert-alkyl or cyclic N) is 1. The number of anilines is 1. The normalized spacial score (nSPS) is 13.9. The molecule has 0 spiro atoms. The van der Waals surface area contributed by atoms with E-state index in [9.17, 15) is 14.7 Å². The molecule has 0 unspecified atom stereocenters. The van der Waals surface area contributed by atoms with Crippen LogP contribution in [0, 0.1) is 20.8 Å². The molecule has 8 nitrogen and oxygen atoms in total. The van der Waals surface area contributed by atoms with Gasteiger partial charge in [-0.05, 0) is 55.7 Å². The highest BCUT2D eigenvalue weighted by atomic mass is 16.5. The van der Waals surface area contributed by atoms with Crippen molar-refractivity contribution in [3.8, 4) is 11.5 Å². The molecule has 0 fully saturated rings. The van der Waals surface area contributed by atoms with E-state index in [1.807, 2.05) is 51.1 Å². The largest absolute Gasteiger partial charge is 0.466 e. The van der Waals surface area contributed by atoms with Gasteiger partial charge in [-0.25, -0.2) is 9.78 Å². The van der Waals surface area contributed by atoms with Crippen molar-refractivity contribution < 1.29 is 23.8 Å². The molecule has 2 heterocycles. The number of methoxy groups -OCH3 is 1. The number of benzene rings is 2. The summed E-state index contributed by atoms with van der Waals surface area (Å²) in [7, 11) is 1.27. The molecule has 1 amide bonds. The van der Waals surface area contributed by atoms with E-state index >= 15 is 0 Å². The molecule has 2 aromatic carbocycles. The molecule has 4 rings (SSSR count). The number of ether oxygens (including phenoxy) is 1. The Kier molecular flexibility index (Phi) is 5.71. The molecular formula is C24H25N3O5. The minimum atomic E-state index is -0.583. The summed E-state index contributed by atoms with van der Waals surface area (Å²) in [4.78, 5) is 31.1. The zero-order valence-corrected chi connectivity index (χ0v) is 18.5. The summed E-state index contributed by atoms with van der Waals surface area (Å²) in [5.74, 6) is -0.476. The van der Waals surface area contributed by atoms with E-state index in [-0.39, 0.29) is 36.9 Å². The number of aromatic nitrogens is 1. The van der Waals surface area contributed by atoms with Crippen LogP contribution in [-0.4, -0.2) is 53.7 Å². The number of hydrogen-bond acceptors (Lipinski definition) is 7. The van der Waals surface area contributed by atoms with Gasteiger partial charge in [0.2, 0.25) is 5.89 Å². The molecule has 0 atom stereocenters. The second kappa shape index (κ2) is 8.47. The van der Waals surface area contributed by atoms with Crippen molar-refractivity contribution in [1.29, 1.82) is 0 Å². The Bertz CT molecular complexity index is 1260. The monoisotopic (exact) mass is 435 g/mol. The lowest BCUT2D eigenvalue weighted by molar-refractivity contribution is -0.136. The highest BCUT2D eigenvalue weighted by molar-refractivity contribution is 6.08. The second-order valence-corrected chi connectivity index (χ2v) is 7.90. The van der Waals surface area contributed by atoms with E-state index < -0.39 is 5.97 Å². The number of hydrogen-bond donors (Lipinski definition) is 2. The van der Waals surface area contributed by atoms with Gasteiger partial charge in [-0.3, -0.25) is 4.79 Å². The van der Waals surface area contributed by atoms with Crippen LogP contribution in [0.3, 0.4) is 0 Å². The number of aliphatic hydroxyl groups is 1. The quantitative estimate of drug-likeness (QED) is 0.573. The van der Waals surface area contributed by atoms with Crippen LogP contribution in [0.15, 0.2) is 46.0 Å². The minimum Gasteiger partial charge on any atom is -0.466 e. The number of oxazole rings is 1. The number of nitrogens with zero attached hydrogens (tertiary/aromatic N) is 2. The third-order valence-electron chi connectivity index (χ3n) is 5.52. The number of carbonyl (C=O) groups is 2. The van der Waals surface area contributed by atoms with Crippen molar-refractivity contribution in [2.45, 2.75) is 20.8 Å². The Morgan fingerprint density at radius 3 is 2.72 bits per heavy atom. The molecule has 166 valence electrons. The fourth-order valence-electron chi connectivity index (χ4n) is 3.87. The van der Waals surface area contributed by atoms with Gasteiger partial charge in [-0.2, -0.15) is 0 Å². The fourth-order valence-corrected chi connectivity index (χ4v) is 3.87. The summed E-state index contributed by atoms with van der Waals surface area (Å²) in [5.41, 5.74) is 6.28. The summed E-state index contributed by atoms with van der Waals surface area (Å²) in [6, 6.07) is 9.66. The van der Waals surface area contributed by atoms with Crippen molar-refractivity contribution >= 4 is 28.7 Å². The van der Waals surface area contributed by atoms with Crippen LogP contribution < -0.4 is 5.32 Å². The van der Waals surface area contributed by atoms with Crippen LogP contribution in [0.1, 0.15) is 16.7 Å². The van der Waals surface area contributed by atoms with Gasteiger partial charge < -0.3 is 24.5 Å². The van der Waals surface area contributed by atoms with E-state index in [2.05, 4.69) is 10.3 Å².